The van der Waals surface area contributed by atoms with Crippen molar-refractivity contribution in [2.75, 3.05) is 5.32 Å². The van der Waals surface area contributed by atoms with Crippen LogP contribution in [0.25, 0.3) is 28.1 Å². The fourth-order valence-corrected chi connectivity index (χ4v) is 4.85. The standard InChI is InChI=1S/C27H26N6O3/c1-15-12-16(33-11-10-28-14-33)13-19-22(15)32-25(31-19)21-18(8-9-29-26(21)35)30-23-17-6-4-5-7-20(17)36-27(2,3)24(23)34/h4-14,23-24,34H,1-3H3,(H,31,32)(H2,29,30,35). The van der Waals surface area contributed by atoms with Crippen LogP contribution in [0.15, 0.2) is 72.2 Å². The van der Waals surface area contributed by atoms with E-state index in [2.05, 4.69) is 20.3 Å². The van der Waals surface area contributed by atoms with E-state index in [0.717, 1.165) is 27.8 Å². The zero-order chi connectivity index (χ0) is 25.0. The lowest BCUT2D eigenvalue weighted by molar-refractivity contribution is -0.0532. The number of hydrogen-bond donors (Lipinski definition) is 4. The third-order valence-corrected chi connectivity index (χ3v) is 6.73. The molecule has 2 atom stereocenters. The molecular formula is C27H26N6O3. The van der Waals surface area contributed by atoms with E-state index in [9.17, 15) is 9.90 Å². The van der Waals surface area contributed by atoms with E-state index in [1.165, 1.54) is 0 Å². The third-order valence-electron chi connectivity index (χ3n) is 6.73. The van der Waals surface area contributed by atoms with E-state index in [0.29, 0.717) is 22.8 Å². The predicted octanol–water partition coefficient (Wildman–Crippen LogP) is 4.10. The van der Waals surface area contributed by atoms with Gasteiger partial charge in [-0.15, -0.1) is 0 Å². The SMILES string of the molecule is Cc1cc(-n2ccnc2)cc2[nH]c(-c3c(NC4c5ccccc5OC(C)(C)C4O)cc[nH]c3=O)nc12. The molecule has 0 amide bonds. The van der Waals surface area contributed by atoms with Gasteiger partial charge in [-0.1, -0.05) is 18.2 Å². The van der Waals surface area contributed by atoms with Gasteiger partial charge in [0.1, 0.15) is 28.8 Å². The Morgan fingerprint density at radius 3 is 2.83 bits per heavy atom. The summed E-state index contributed by atoms with van der Waals surface area (Å²) in [4.78, 5) is 28.1. The lowest BCUT2D eigenvalue weighted by atomic mass is 9.86. The second kappa shape index (κ2) is 8.10. The van der Waals surface area contributed by atoms with Crippen LogP contribution in [0.2, 0.25) is 0 Å². The molecule has 0 bridgehead atoms. The smallest absolute Gasteiger partial charge is 0.261 e. The highest BCUT2D eigenvalue weighted by Gasteiger charge is 2.43. The Morgan fingerprint density at radius 2 is 2.03 bits per heavy atom. The van der Waals surface area contributed by atoms with Crippen LogP contribution in [0.4, 0.5) is 5.69 Å². The number of imidazole rings is 2. The predicted molar refractivity (Wildman–Crippen MR) is 138 cm³/mol. The van der Waals surface area contributed by atoms with Crippen molar-refractivity contribution in [3.63, 3.8) is 0 Å². The molecule has 9 heteroatoms. The van der Waals surface area contributed by atoms with Gasteiger partial charge in [-0.25, -0.2) is 9.97 Å². The van der Waals surface area contributed by atoms with Gasteiger partial charge in [-0.3, -0.25) is 4.79 Å². The molecule has 0 radical (unpaired) electrons. The molecule has 9 nitrogen and oxygen atoms in total. The first kappa shape index (κ1) is 22.1. The first-order chi connectivity index (χ1) is 17.3. The van der Waals surface area contributed by atoms with E-state index in [-0.39, 0.29) is 5.56 Å². The van der Waals surface area contributed by atoms with Gasteiger partial charge in [0, 0.05) is 29.8 Å². The highest BCUT2D eigenvalue weighted by atomic mass is 16.5. The molecular weight excluding hydrogens is 456 g/mol. The molecule has 3 aromatic heterocycles. The zero-order valence-electron chi connectivity index (χ0n) is 20.1. The number of hydrogen-bond acceptors (Lipinski definition) is 6. The van der Waals surface area contributed by atoms with Crippen molar-refractivity contribution in [3.05, 3.63) is 88.9 Å². The highest BCUT2D eigenvalue weighted by molar-refractivity contribution is 5.86. The van der Waals surface area contributed by atoms with Gasteiger partial charge in [0.05, 0.1) is 29.1 Å². The number of nitrogens with one attached hydrogen (secondary N) is 3. The summed E-state index contributed by atoms with van der Waals surface area (Å²) in [6.45, 7) is 5.68. The van der Waals surface area contributed by atoms with Crippen LogP contribution >= 0.6 is 0 Å². The average Bonchev–Trinajstić information content (AvgIpc) is 3.52. The van der Waals surface area contributed by atoms with E-state index >= 15 is 0 Å². The maximum absolute atomic E-state index is 13.1. The molecule has 5 aromatic rings. The van der Waals surface area contributed by atoms with Gasteiger partial charge >= 0.3 is 0 Å². The molecule has 2 unspecified atom stereocenters. The minimum atomic E-state index is -0.866. The van der Waals surface area contributed by atoms with Gasteiger partial charge in [-0.2, -0.15) is 0 Å². The summed E-state index contributed by atoms with van der Waals surface area (Å²) in [7, 11) is 0. The molecule has 4 N–H and O–H groups in total. The average molecular weight is 483 g/mol. The van der Waals surface area contributed by atoms with Crippen LogP contribution in [0.3, 0.4) is 0 Å². The first-order valence-electron chi connectivity index (χ1n) is 11.7. The number of pyridine rings is 1. The number of anilines is 1. The van der Waals surface area contributed by atoms with Crippen LogP contribution in [0.1, 0.15) is 31.0 Å². The van der Waals surface area contributed by atoms with Crippen LogP contribution < -0.4 is 15.6 Å². The molecule has 0 saturated heterocycles. The van der Waals surface area contributed by atoms with E-state index in [4.69, 9.17) is 9.72 Å². The summed E-state index contributed by atoms with van der Waals surface area (Å²) in [5, 5.41) is 14.6. The lowest BCUT2D eigenvalue weighted by Crippen LogP contribution is -2.50. The van der Waals surface area contributed by atoms with Gasteiger partial charge in [0.25, 0.3) is 5.56 Å². The number of para-hydroxylation sites is 1. The quantitative estimate of drug-likeness (QED) is 0.306. The number of aliphatic hydroxyl groups is 1. The molecule has 182 valence electrons. The largest absolute Gasteiger partial charge is 0.485 e. The maximum atomic E-state index is 13.1. The fraction of sp³-hybridized carbons (Fsp3) is 0.222. The number of H-pyrrole nitrogens is 2. The van der Waals surface area contributed by atoms with E-state index in [1.807, 2.05) is 67.9 Å². The zero-order valence-corrected chi connectivity index (χ0v) is 20.1. The Balaban J connectivity index is 1.46. The summed E-state index contributed by atoms with van der Waals surface area (Å²) < 4.78 is 7.97. The van der Waals surface area contributed by atoms with Crippen molar-refractivity contribution in [1.29, 1.82) is 0 Å². The molecule has 0 aliphatic carbocycles. The highest BCUT2D eigenvalue weighted by Crippen LogP contribution is 2.42. The fourth-order valence-electron chi connectivity index (χ4n) is 4.85. The second-order valence-electron chi connectivity index (χ2n) is 9.62. The molecule has 0 saturated carbocycles. The lowest BCUT2D eigenvalue weighted by Gasteiger charge is -2.42. The number of rotatable bonds is 4. The van der Waals surface area contributed by atoms with Crippen molar-refractivity contribution in [2.24, 2.45) is 0 Å². The van der Waals surface area contributed by atoms with Gasteiger partial charge in [0.15, 0.2) is 0 Å². The van der Waals surface area contributed by atoms with Gasteiger partial charge < -0.3 is 29.7 Å². The monoisotopic (exact) mass is 482 g/mol. The molecule has 6 rings (SSSR count). The summed E-state index contributed by atoms with van der Waals surface area (Å²) >= 11 is 0. The molecule has 0 fully saturated rings. The molecule has 1 aliphatic heterocycles. The van der Waals surface area contributed by atoms with Crippen LogP contribution in [-0.4, -0.2) is 41.3 Å². The first-order valence-corrected chi connectivity index (χ1v) is 11.7. The number of aryl methyl sites for hydroxylation is 1. The van der Waals surface area contributed by atoms with Crippen molar-refractivity contribution in [2.45, 2.75) is 38.5 Å². The Hall–Kier alpha value is -4.37. The Kier molecular flexibility index (Phi) is 4.97. The molecule has 2 aromatic carbocycles. The third kappa shape index (κ3) is 3.56. The van der Waals surface area contributed by atoms with Crippen LogP contribution in [-0.2, 0) is 0 Å². The molecule has 1 aliphatic rings. The summed E-state index contributed by atoms with van der Waals surface area (Å²) in [5.41, 5.74) is 4.12. The Labute approximate surface area is 206 Å². The molecule has 0 spiro atoms. The van der Waals surface area contributed by atoms with Crippen LogP contribution in [0, 0.1) is 6.92 Å². The summed E-state index contributed by atoms with van der Waals surface area (Å²) in [6, 6.07) is 12.9. The van der Waals surface area contributed by atoms with Crippen molar-refractivity contribution >= 4 is 16.7 Å². The number of fused-ring (bicyclic) bond motifs is 2. The number of aromatic nitrogens is 5. The summed E-state index contributed by atoms with van der Waals surface area (Å²) in [6.07, 6.45) is 6.06. The van der Waals surface area contributed by atoms with E-state index < -0.39 is 17.7 Å². The van der Waals surface area contributed by atoms with Crippen molar-refractivity contribution in [3.8, 4) is 22.8 Å². The van der Waals surface area contributed by atoms with E-state index in [1.54, 1.807) is 24.8 Å². The minimum absolute atomic E-state index is 0.291. The van der Waals surface area contributed by atoms with Crippen LogP contribution in [0.5, 0.6) is 5.75 Å². The number of aliphatic hydroxyl groups excluding tert-OH is 1. The van der Waals surface area contributed by atoms with Gasteiger partial charge in [-0.05, 0) is 50.6 Å². The Bertz CT molecular complexity index is 1630. The van der Waals surface area contributed by atoms with Gasteiger partial charge in [0.2, 0.25) is 0 Å². The summed E-state index contributed by atoms with van der Waals surface area (Å²) in [5.74, 6) is 1.14. The number of aromatic amines is 2. The normalized spacial score (nSPS) is 18.6. The second-order valence-corrected chi connectivity index (χ2v) is 9.62. The minimum Gasteiger partial charge on any atom is -0.485 e. The molecule has 36 heavy (non-hydrogen) atoms. The maximum Gasteiger partial charge on any atom is 0.261 e. The van der Waals surface area contributed by atoms with Crippen molar-refractivity contribution in [1.82, 2.24) is 24.5 Å². The topological polar surface area (TPSA) is 121 Å². The Morgan fingerprint density at radius 1 is 1.19 bits per heavy atom. The van der Waals surface area contributed by atoms with Crippen molar-refractivity contribution < 1.29 is 9.84 Å². The number of benzene rings is 2. The molecule has 4 heterocycles. The number of ether oxygens (including phenoxy) is 1. The number of nitrogens with zero attached hydrogens (tertiary/aromatic N) is 3.